The van der Waals surface area contributed by atoms with Crippen molar-refractivity contribution in [3.63, 3.8) is 0 Å². The topological polar surface area (TPSA) is 34.5 Å². The molecule has 0 atom stereocenters. The molecule has 0 aliphatic carbocycles. The van der Waals surface area contributed by atoms with Crippen molar-refractivity contribution in [1.82, 2.24) is 4.68 Å². The summed E-state index contributed by atoms with van der Waals surface area (Å²) in [6, 6.07) is 13.8. The van der Waals surface area contributed by atoms with E-state index in [9.17, 15) is 4.79 Å². The first-order chi connectivity index (χ1) is 9.87. The molecule has 1 heterocycles. The van der Waals surface area contributed by atoms with Gasteiger partial charge in [0.1, 0.15) is 5.60 Å². The third-order valence-corrected chi connectivity index (χ3v) is 3.07. The van der Waals surface area contributed by atoms with Crippen LogP contribution in [0.2, 0.25) is 0 Å². The summed E-state index contributed by atoms with van der Waals surface area (Å²) in [5, 5.41) is 0. The van der Waals surface area contributed by atoms with Crippen LogP contribution in [-0.4, -0.2) is 16.4 Å². The number of carbonyl (C=O) groups excluding carboxylic acids is 1. The number of amides is 1. The molecule has 0 fully saturated rings. The second kappa shape index (κ2) is 6.22. The average Bonchev–Trinajstić information content (AvgIpc) is 2.85. The van der Waals surface area contributed by atoms with E-state index in [-0.39, 0.29) is 0 Å². The Kier molecular flexibility index (Phi) is 4.58. The Morgan fingerprint density at radius 2 is 1.86 bits per heavy atom. The van der Waals surface area contributed by atoms with Gasteiger partial charge in [0.15, 0.2) is 0 Å². The number of halogens is 1. The summed E-state index contributed by atoms with van der Waals surface area (Å²) >= 11 is 6.10. The van der Waals surface area contributed by atoms with E-state index in [0.29, 0.717) is 6.42 Å². The Labute approximate surface area is 130 Å². The second-order valence-electron chi connectivity index (χ2n) is 5.75. The normalized spacial score (nSPS) is 11.2. The minimum Gasteiger partial charge on any atom is -0.442 e. The minimum absolute atomic E-state index is 0.586. The molecular formula is C16H19ClN2O2. The molecule has 0 spiro atoms. The molecule has 1 amide bonds. The number of aromatic nitrogens is 1. The van der Waals surface area contributed by atoms with Crippen molar-refractivity contribution in [1.29, 1.82) is 0 Å². The van der Waals surface area contributed by atoms with Gasteiger partial charge in [-0.15, -0.1) is 4.53 Å². The molecule has 1 aromatic carbocycles. The smallest absolute Gasteiger partial charge is 0.442 e. The maximum absolute atomic E-state index is 12.0. The number of hydrogen-bond donors (Lipinski definition) is 0. The molecule has 0 aliphatic rings. The van der Waals surface area contributed by atoms with Crippen molar-refractivity contribution in [3.8, 4) is 0 Å². The fourth-order valence-corrected chi connectivity index (χ4v) is 2.09. The van der Waals surface area contributed by atoms with E-state index in [1.165, 1.54) is 0 Å². The summed E-state index contributed by atoms with van der Waals surface area (Å²) in [7, 11) is 0. The molecule has 21 heavy (non-hydrogen) atoms. The summed E-state index contributed by atoms with van der Waals surface area (Å²) in [4.78, 5) is 12.0. The quantitative estimate of drug-likeness (QED) is 0.800. The Morgan fingerprint density at radius 3 is 2.48 bits per heavy atom. The fourth-order valence-electron chi connectivity index (χ4n) is 1.91. The van der Waals surface area contributed by atoms with Gasteiger partial charge in [0.2, 0.25) is 0 Å². The van der Waals surface area contributed by atoms with Crippen LogP contribution in [0.5, 0.6) is 0 Å². The minimum atomic E-state index is -0.602. The summed E-state index contributed by atoms with van der Waals surface area (Å²) in [5.41, 5.74) is 1.46. The first-order valence-electron chi connectivity index (χ1n) is 6.76. The highest BCUT2D eigenvalue weighted by Crippen LogP contribution is 2.15. The molecule has 0 radical (unpaired) electrons. The molecule has 112 valence electrons. The van der Waals surface area contributed by atoms with Gasteiger partial charge in [0, 0.05) is 30.1 Å². The zero-order chi connectivity index (χ0) is 15.5. The van der Waals surface area contributed by atoms with Crippen LogP contribution in [0.25, 0.3) is 0 Å². The van der Waals surface area contributed by atoms with Crippen molar-refractivity contribution < 1.29 is 9.53 Å². The van der Waals surface area contributed by atoms with E-state index in [0.717, 1.165) is 15.8 Å². The number of rotatable bonds is 3. The summed E-state index contributed by atoms with van der Waals surface area (Å²) in [6.07, 6.45) is 1.81. The number of hydrogen-bond acceptors (Lipinski definition) is 2. The molecule has 5 heteroatoms. The molecule has 0 saturated heterocycles. The molecule has 0 unspecified atom stereocenters. The van der Waals surface area contributed by atoms with Crippen LogP contribution in [0.4, 0.5) is 4.79 Å². The Bertz CT molecular complexity index is 602. The lowest BCUT2D eigenvalue weighted by molar-refractivity contribution is 0.0576. The van der Waals surface area contributed by atoms with Crippen LogP contribution in [0.1, 0.15) is 32.0 Å². The van der Waals surface area contributed by atoms with Gasteiger partial charge in [0.25, 0.3) is 0 Å². The third kappa shape index (κ3) is 4.26. The van der Waals surface area contributed by atoms with Crippen LogP contribution >= 0.6 is 11.8 Å². The average molecular weight is 307 g/mol. The standard InChI is InChI=1S/C16H19ClN2O2/c1-16(2,3)21-15(20)19(17)18-11-7-10-14(18)12-13-8-5-4-6-9-13/h4-11H,12H2,1-3H3. The number of nitrogens with zero attached hydrogens (tertiary/aromatic N) is 2. The molecule has 2 aromatic rings. The van der Waals surface area contributed by atoms with Gasteiger partial charge in [-0.3, -0.25) is 0 Å². The van der Waals surface area contributed by atoms with Gasteiger partial charge in [0.05, 0.1) is 0 Å². The second-order valence-corrected chi connectivity index (χ2v) is 6.07. The van der Waals surface area contributed by atoms with Crippen LogP contribution < -0.4 is 4.53 Å². The lowest BCUT2D eigenvalue weighted by Gasteiger charge is -2.24. The highest BCUT2D eigenvalue weighted by molar-refractivity contribution is 6.31. The first-order valence-corrected chi connectivity index (χ1v) is 7.10. The van der Waals surface area contributed by atoms with Gasteiger partial charge >= 0.3 is 6.09 Å². The van der Waals surface area contributed by atoms with Crippen LogP contribution in [0.3, 0.4) is 0 Å². The van der Waals surface area contributed by atoms with Crippen molar-refractivity contribution in [2.45, 2.75) is 32.8 Å². The van der Waals surface area contributed by atoms with Gasteiger partial charge in [-0.25, -0.2) is 9.47 Å². The van der Waals surface area contributed by atoms with Gasteiger partial charge in [-0.2, -0.15) is 0 Å². The van der Waals surface area contributed by atoms with Crippen molar-refractivity contribution >= 4 is 17.9 Å². The van der Waals surface area contributed by atoms with Crippen LogP contribution in [0, 0.1) is 0 Å². The highest BCUT2D eigenvalue weighted by Gasteiger charge is 2.23. The predicted molar refractivity (Wildman–Crippen MR) is 84.0 cm³/mol. The number of benzene rings is 1. The highest BCUT2D eigenvalue weighted by atomic mass is 35.5. The molecule has 0 saturated carbocycles. The van der Waals surface area contributed by atoms with E-state index in [1.807, 2.05) is 42.5 Å². The third-order valence-electron chi connectivity index (χ3n) is 2.77. The summed E-state index contributed by atoms with van der Waals surface area (Å²) in [5.74, 6) is 0. The first kappa shape index (κ1) is 15.4. The zero-order valence-electron chi connectivity index (χ0n) is 12.4. The fraction of sp³-hybridized carbons (Fsp3) is 0.312. The summed E-state index contributed by atoms with van der Waals surface area (Å²) in [6.45, 7) is 5.41. The van der Waals surface area contributed by atoms with E-state index in [2.05, 4.69) is 0 Å². The monoisotopic (exact) mass is 306 g/mol. The zero-order valence-corrected chi connectivity index (χ0v) is 13.2. The number of carbonyl (C=O) groups is 1. The van der Waals surface area contributed by atoms with Gasteiger partial charge in [-0.05, 0) is 38.5 Å². The maximum atomic E-state index is 12.0. The van der Waals surface area contributed by atoms with Crippen LogP contribution in [-0.2, 0) is 11.2 Å². The Hall–Kier alpha value is -1.94. The van der Waals surface area contributed by atoms with E-state index < -0.39 is 11.7 Å². The van der Waals surface area contributed by atoms with Crippen LogP contribution in [0.15, 0.2) is 48.7 Å². The molecule has 0 bridgehead atoms. The lowest BCUT2D eigenvalue weighted by Crippen LogP contribution is -2.37. The van der Waals surface area contributed by atoms with Gasteiger partial charge < -0.3 is 4.74 Å². The van der Waals surface area contributed by atoms with Gasteiger partial charge in [-0.1, -0.05) is 30.3 Å². The van der Waals surface area contributed by atoms with E-state index in [4.69, 9.17) is 16.5 Å². The molecular weight excluding hydrogens is 288 g/mol. The SMILES string of the molecule is CC(C)(C)OC(=O)N(Cl)n1cccc1Cc1ccccc1. The summed E-state index contributed by atoms with van der Waals surface area (Å²) < 4.78 is 7.81. The van der Waals surface area contributed by atoms with Crippen molar-refractivity contribution in [2.75, 3.05) is 4.53 Å². The van der Waals surface area contributed by atoms with Crippen molar-refractivity contribution in [3.05, 3.63) is 59.9 Å². The molecule has 4 nitrogen and oxygen atoms in total. The molecule has 0 aliphatic heterocycles. The molecule has 2 rings (SSSR count). The maximum Gasteiger partial charge on any atom is 0.445 e. The van der Waals surface area contributed by atoms with E-state index >= 15 is 0 Å². The Balaban J connectivity index is 2.14. The Morgan fingerprint density at radius 1 is 1.19 bits per heavy atom. The van der Waals surface area contributed by atoms with Crippen molar-refractivity contribution in [2.24, 2.45) is 0 Å². The molecule has 1 aromatic heterocycles. The predicted octanol–water partition coefficient (Wildman–Crippen LogP) is 4.11. The molecule has 0 N–H and O–H groups in total. The largest absolute Gasteiger partial charge is 0.445 e. The van der Waals surface area contributed by atoms with E-state index in [1.54, 1.807) is 31.6 Å². The number of ether oxygens (including phenoxy) is 1. The lowest BCUT2D eigenvalue weighted by atomic mass is 10.1.